The van der Waals surface area contributed by atoms with Gasteiger partial charge in [-0.2, -0.15) is 0 Å². The van der Waals surface area contributed by atoms with E-state index in [2.05, 4.69) is 0 Å². The van der Waals surface area contributed by atoms with E-state index in [1.165, 1.54) is 0 Å². The van der Waals surface area contributed by atoms with Crippen LogP contribution in [-0.4, -0.2) is 67.8 Å². The zero-order valence-corrected chi connectivity index (χ0v) is 16.2. The van der Waals surface area contributed by atoms with E-state index in [0.717, 1.165) is 43.7 Å². The van der Waals surface area contributed by atoms with Crippen LogP contribution >= 0.6 is 0 Å². The number of hydrogen-bond donors (Lipinski definition) is 0. The number of piperidine rings is 1. The summed E-state index contributed by atoms with van der Waals surface area (Å²) in [5, 5.41) is 0. The molecule has 3 aliphatic rings. The van der Waals surface area contributed by atoms with Gasteiger partial charge in [-0.05, 0) is 42.9 Å². The number of nitrogens with zero attached hydrogens (tertiary/aromatic N) is 2. The molecule has 28 heavy (non-hydrogen) atoms. The third-order valence-electron chi connectivity index (χ3n) is 5.89. The van der Waals surface area contributed by atoms with Crippen molar-refractivity contribution in [3.8, 4) is 11.5 Å². The first-order chi connectivity index (χ1) is 13.7. The van der Waals surface area contributed by atoms with Crippen LogP contribution in [0.3, 0.4) is 0 Å². The third kappa shape index (κ3) is 4.58. The van der Waals surface area contributed by atoms with Crippen molar-refractivity contribution >= 4 is 11.8 Å². The molecule has 152 valence electrons. The maximum Gasteiger partial charge on any atom is 0.231 e. The summed E-state index contributed by atoms with van der Waals surface area (Å²) in [5.41, 5.74) is 0.951. The first kappa shape index (κ1) is 19.1. The van der Waals surface area contributed by atoms with Gasteiger partial charge >= 0.3 is 0 Å². The average molecular weight is 388 g/mol. The van der Waals surface area contributed by atoms with E-state index in [1.54, 1.807) is 0 Å². The Morgan fingerprint density at radius 2 is 1.64 bits per heavy atom. The van der Waals surface area contributed by atoms with Crippen molar-refractivity contribution in [2.45, 2.75) is 32.1 Å². The Balaban J connectivity index is 1.19. The molecule has 2 fully saturated rings. The highest BCUT2D eigenvalue weighted by Crippen LogP contribution is 2.33. The lowest BCUT2D eigenvalue weighted by molar-refractivity contribution is -0.136. The summed E-state index contributed by atoms with van der Waals surface area (Å²) in [4.78, 5) is 28.8. The Morgan fingerprint density at radius 1 is 0.929 bits per heavy atom. The third-order valence-corrected chi connectivity index (χ3v) is 5.89. The fraction of sp³-hybridized carbons (Fsp3) is 0.619. The minimum atomic E-state index is 0.154. The Hall–Kier alpha value is -2.28. The second kappa shape index (κ2) is 8.82. The van der Waals surface area contributed by atoms with Gasteiger partial charge in [-0.1, -0.05) is 6.07 Å². The number of ether oxygens (including phenoxy) is 3. The molecule has 3 heterocycles. The van der Waals surface area contributed by atoms with Crippen molar-refractivity contribution in [3.63, 3.8) is 0 Å². The Kier molecular flexibility index (Phi) is 6.00. The first-order valence-electron chi connectivity index (χ1n) is 10.2. The predicted molar refractivity (Wildman–Crippen MR) is 102 cm³/mol. The second-order valence-electron chi connectivity index (χ2n) is 7.72. The number of hydrogen-bond acceptors (Lipinski definition) is 5. The molecule has 3 aliphatic heterocycles. The van der Waals surface area contributed by atoms with Gasteiger partial charge in [-0.25, -0.2) is 0 Å². The molecule has 0 radical (unpaired) electrons. The Morgan fingerprint density at radius 3 is 2.43 bits per heavy atom. The number of rotatable bonds is 5. The SMILES string of the molecule is O=C(CCC1CCN(C(=O)Cc2ccc3c(c2)OCO3)CC1)N1CCOCC1. The van der Waals surface area contributed by atoms with Crippen LogP contribution in [0, 0.1) is 5.92 Å². The fourth-order valence-electron chi connectivity index (χ4n) is 4.11. The van der Waals surface area contributed by atoms with Crippen LogP contribution in [0.15, 0.2) is 18.2 Å². The highest BCUT2D eigenvalue weighted by Gasteiger charge is 2.25. The number of likely N-dealkylation sites (tertiary alicyclic amines) is 1. The van der Waals surface area contributed by atoms with Crippen molar-refractivity contribution in [1.29, 1.82) is 0 Å². The van der Waals surface area contributed by atoms with Gasteiger partial charge < -0.3 is 24.0 Å². The van der Waals surface area contributed by atoms with Gasteiger partial charge in [0.15, 0.2) is 11.5 Å². The maximum absolute atomic E-state index is 12.6. The van der Waals surface area contributed by atoms with E-state index in [9.17, 15) is 9.59 Å². The molecule has 1 aromatic rings. The molecule has 2 amide bonds. The molecule has 1 aromatic carbocycles. The zero-order valence-electron chi connectivity index (χ0n) is 16.2. The lowest BCUT2D eigenvalue weighted by Gasteiger charge is -2.33. The van der Waals surface area contributed by atoms with Crippen molar-refractivity contribution in [1.82, 2.24) is 9.80 Å². The molecule has 2 saturated heterocycles. The molecule has 0 bridgehead atoms. The maximum atomic E-state index is 12.6. The summed E-state index contributed by atoms with van der Waals surface area (Å²) in [6.07, 6.45) is 3.86. The summed E-state index contributed by atoms with van der Waals surface area (Å²) in [7, 11) is 0. The van der Waals surface area contributed by atoms with Crippen molar-refractivity contribution < 1.29 is 23.8 Å². The second-order valence-corrected chi connectivity index (χ2v) is 7.72. The van der Waals surface area contributed by atoms with Crippen molar-refractivity contribution in [3.05, 3.63) is 23.8 Å². The molecule has 7 heteroatoms. The summed E-state index contributed by atoms with van der Waals surface area (Å²) in [6, 6.07) is 5.68. The highest BCUT2D eigenvalue weighted by molar-refractivity contribution is 5.79. The Bertz CT molecular complexity index is 709. The van der Waals surface area contributed by atoms with E-state index in [4.69, 9.17) is 14.2 Å². The standard InChI is InChI=1S/C21H28N2O5/c24-20(23-9-11-26-12-10-23)4-2-16-5-7-22(8-6-16)21(25)14-17-1-3-18-19(13-17)28-15-27-18/h1,3,13,16H,2,4-12,14-15H2. The van der Waals surface area contributed by atoms with Crippen LogP contribution in [0.4, 0.5) is 0 Å². The quantitative estimate of drug-likeness (QED) is 0.770. The van der Waals surface area contributed by atoms with E-state index < -0.39 is 0 Å². The minimum absolute atomic E-state index is 0.154. The normalized spacial score (nSPS) is 19.7. The first-order valence-corrected chi connectivity index (χ1v) is 10.2. The molecule has 7 nitrogen and oxygen atoms in total. The van der Waals surface area contributed by atoms with Crippen LogP contribution in [0.2, 0.25) is 0 Å². The van der Waals surface area contributed by atoms with Crippen LogP contribution < -0.4 is 9.47 Å². The van der Waals surface area contributed by atoms with Gasteiger partial charge in [0.2, 0.25) is 18.6 Å². The topological polar surface area (TPSA) is 68.3 Å². The molecule has 0 atom stereocenters. The molecule has 4 rings (SSSR count). The summed E-state index contributed by atoms with van der Waals surface area (Å²) < 4.78 is 16.0. The largest absolute Gasteiger partial charge is 0.454 e. The van der Waals surface area contributed by atoms with Crippen LogP contribution in [0.1, 0.15) is 31.2 Å². The highest BCUT2D eigenvalue weighted by atomic mass is 16.7. The number of morpholine rings is 1. The number of carbonyl (C=O) groups excluding carboxylic acids is 2. The number of carbonyl (C=O) groups is 2. The lowest BCUT2D eigenvalue weighted by Crippen LogP contribution is -2.41. The van der Waals surface area contributed by atoms with Crippen molar-refractivity contribution in [2.75, 3.05) is 46.2 Å². The summed E-state index contributed by atoms with van der Waals surface area (Å²) >= 11 is 0. The van der Waals surface area contributed by atoms with Crippen LogP contribution in [0.5, 0.6) is 11.5 Å². The van der Waals surface area contributed by atoms with E-state index >= 15 is 0 Å². The van der Waals surface area contributed by atoms with Gasteiger partial charge in [0.05, 0.1) is 19.6 Å². The van der Waals surface area contributed by atoms with Gasteiger partial charge in [0.25, 0.3) is 0 Å². The molecule has 0 aliphatic carbocycles. The number of amides is 2. The smallest absolute Gasteiger partial charge is 0.231 e. The van der Waals surface area contributed by atoms with Crippen molar-refractivity contribution in [2.24, 2.45) is 5.92 Å². The molecule has 0 unspecified atom stereocenters. The van der Waals surface area contributed by atoms with Gasteiger partial charge in [0, 0.05) is 32.6 Å². The van der Waals surface area contributed by atoms with E-state index in [0.29, 0.717) is 50.8 Å². The summed E-state index contributed by atoms with van der Waals surface area (Å²) in [6.45, 7) is 4.52. The molecule has 0 spiro atoms. The molecule has 0 saturated carbocycles. The number of benzene rings is 1. The van der Waals surface area contributed by atoms with Crippen LogP contribution in [-0.2, 0) is 20.7 Å². The van der Waals surface area contributed by atoms with E-state index in [-0.39, 0.29) is 18.6 Å². The molecule has 0 aromatic heterocycles. The average Bonchev–Trinajstić information content (AvgIpc) is 3.21. The minimum Gasteiger partial charge on any atom is -0.454 e. The summed E-state index contributed by atoms with van der Waals surface area (Å²) in [5.74, 6) is 2.38. The van der Waals surface area contributed by atoms with E-state index in [1.807, 2.05) is 28.0 Å². The zero-order chi connectivity index (χ0) is 19.3. The number of fused-ring (bicyclic) bond motifs is 1. The Labute approximate surface area is 165 Å². The fourth-order valence-corrected chi connectivity index (χ4v) is 4.11. The van der Waals surface area contributed by atoms with Crippen LogP contribution in [0.25, 0.3) is 0 Å². The predicted octanol–water partition coefficient (Wildman–Crippen LogP) is 1.84. The molecular formula is C21H28N2O5. The molecule has 0 N–H and O–H groups in total. The monoisotopic (exact) mass is 388 g/mol. The van der Waals surface area contributed by atoms with Gasteiger partial charge in [-0.15, -0.1) is 0 Å². The lowest BCUT2D eigenvalue weighted by atomic mass is 9.91. The molecular weight excluding hydrogens is 360 g/mol. The van der Waals surface area contributed by atoms with Gasteiger partial charge in [-0.3, -0.25) is 9.59 Å². The van der Waals surface area contributed by atoms with Gasteiger partial charge in [0.1, 0.15) is 0 Å².